The van der Waals surface area contributed by atoms with E-state index in [0.717, 1.165) is 17.0 Å². The number of carbonyl (C=O) groups excluding carboxylic acids is 1. The van der Waals surface area contributed by atoms with Gasteiger partial charge in [0, 0.05) is 17.5 Å². The van der Waals surface area contributed by atoms with E-state index in [1.54, 1.807) is 12.1 Å². The molecule has 3 heterocycles. The highest BCUT2D eigenvalue weighted by Gasteiger charge is 2.25. The number of thiazole rings is 1. The molecule has 1 aromatic carbocycles. The summed E-state index contributed by atoms with van der Waals surface area (Å²) in [6.07, 6.45) is 1.61. The fraction of sp³-hybridized carbons (Fsp3) is 0.100. The lowest BCUT2D eigenvalue weighted by Gasteiger charge is -2.02. The van der Waals surface area contributed by atoms with Gasteiger partial charge in [0.05, 0.1) is 10.9 Å². The van der Waals surface area contributed by atoms with Crippen molar-refractivity contribution in [1.82, 2.24) is 9.55 Å². The van der Waals surface area contributed by atoms with Crippen LogP contribution >= 0.6 is 11.3 Å². The van der Waals surface area contributed by atoms with E-state index >= 15 is 0 Å². The minimum Gasteiger partial charge on any atom is -0.493 e. The smallest absolute Gasteiger partial charge is 0.279 e. The molecule has 0 fully saturated rings. The highest BCUT2D eigenvalue weighted by Crippen LogP contribution is 2.28. The van der Waals surface area contributed by atoms with Crippen molar-refractivity contribution >= 4 is 28.6 Å². The van der Waals surface area contributed by atoms with Crippen molar-refractivity contribution in [3.05, 3.63) is 80.8 Å². The fourth-order valence-corrected chi connectivity index (χ4v) is 4.03. The quantitative estimate of drug-likeness (QED) is 0.686. The minimum absolute atomic E-state index is 0.146. The second-order valence-corrected chi connectivity index (χ2v) is 7.12. The Morgan fingerprint density at radius 1 is 1.36 bits per heavy atom. The molecule has 1 aliphatic rings. The predicted octanol–water partition coefficient (Wildman–Crippen LogP) is 1.87. The topological polar surface area (TPSA) is 79.8 Å². The first-order valence-electron chi connectivity index (χ1n) is 8.43. The number of carbonyl (C=O) groups is 1. The van der Waals surface area contributed by atoms with Gasteiger partial charge in [-0.2, -0.15) is 0 Å². The van der Waals surface area contributed by atoms with Crippen LogP contribution in [0.5, 0.6) is 5.88 Å². The first kappa shape index (κ1) is 18.0. The summed E-state index contributed by atoms with van der Waals surface area (Å²) in [6, 6.07) is 9.37. The number of nitrogens with zero attached hydrogens (tertiary/aromatic N) is 4. The van der Waals surface area contributed by atoms with Gasteiger partial charge in [0.15, 0.2) is 10.6 Å². The van der Waals surface area contributed by atoms with Crippen molar-refractivity contribution in [2.24, 2.45) is 9.98 Å². The van der Waals surface area contributed by atoms with Crippen molar-refractivity contribution in [3.8, 4) is 5.88 Å². The molecule has 0 saturated heterocycles. The first-order chi connectivity index (χ1) is 13.5. The number of allylic oxidation sites excluding steroid dienone is 1. The van der Waals surface area contributed by atoms with Crippen LogP contribution in [0.2, 0.25) is 0 Å². The number of aromatic nitrogens is 2. The third-order valence-corrected chi connectivity index (χ3v) is 5.25. The molecule has 0 atom stereocenters. The van der Waals surface area contributed by atoms with Gasteiger partial charge in [0.25, 0.3) is 5.91 Å². The molecule has 0 unspecified atom stereocenters. The molecule has 28 heavy (non-hydrogen) atoms. The second kappa shape index (κ2) is 6.97. The van der Waals surface area contributed by atoms with Gasteiger partial charge in [-0.05, 0) is 37.3 Å². The van der Waals surface area contributed by atoms with E-state index in [4.69, 9.17) is 0 Å². The fourth-order valence-electron chi connectivity index (χ4n) is 2.94. The van der Waals surface area contributed by atoms with E-state index in [1.165, 1.54) is 22.8 Å². The number of aryl methyl sites for hydroxylation is 1. The molecular formula is C20H15FN4O2S. The summed E-state index contributed by atoms with van der Waals surface area (Å²) >= 11 is 1.12. The van der Waals surface area contributed by atoms with Crippen LogP contribution in [0, 0.1) is 12.7 Å². The maximum Gasteiger partial charge on any atom is 0.279 e. The third-order valence-electron chi connectivity index (χ3n) is 4.17. The lowest BCUT2D eigenvalue weighted by atomic mass is 10.1. The van der Waals surface area contributed by atoms with Crippen molar-refractivity contribution in [1.29, 1.82) is 0 Å². The van der Waals surface area contributed by atoms with Crippen LogP contribution in [0.3, 0.4) is 0 Å². The number of hydrogen-bond acceptors (Lipinski definition) is 5. The minimum atomic E-state index is -0.525. The zero-order chi connectivity index (χ0) is 19.8. The Morgan fingerprint density at radius 3 is 2.93 bits per heavy atom. The summed E-state index contributed by atoms with van der Waals surface area (Å²) in [5, 5.41) is 11.5. The number of amides is 1. The molecule has 0 saturated carbocycles. The molecule has 0 radical (unpaired) electrons. The predicted molar refractivity (Wildman–Crippen MR) is 103 cm³/mol. The Labute approximate surface area is 163 Å². The summed E-state index contributed by atoms with van der Waals surface area (Å²) in [7, 11) is 0. The van der Waals surface area contributed by atoms with Crippen LogP contribution in [-0.2, 0) is 11.3 Å². The second-order valence-electron chi connectivity index (χ2n) is 6.14. The Balaban J connectivity index is 2.00. The standard InChI is InChI=1S/C20H15FN4O2S/c1-3-9-25-19(27)17(28-20(25)24-15-6-4-5-11(2)22-15)16-13-10-12(21)7-8-14(13)23-18(16)26/h3-8,10,27H,1,9H2,2H3/b24-20+. The van der Waals surface area contributed by atoms with E-state index in [9.17, 15) is 14.3 Å². The monoisotopic (exact) mass is 394 g/mol. The molecule has 6 nitrogen and oxygen atoms in total. The molecule has 1 N–H and O–H groups in total. The molecule has 0 aliphatic carbocycles. The highest BCUT2D eigenvalue weighted by molar-refractivity contribution is 7.11. The number of hydrogen-bond donors (Lipinski definition) is 1. The van der Waals surface area contributed by atoms with E-state index < -0.39 is 11.7 Å². The average Bonchev–Trinajstić information content (AvgIpc) is 3.12. The number of rotatable bonds is 4. The summed E-state index contributed by atoms with van der Waals surface area (Å²) in [5.74, 6) is -0.676. The molecule has 8 heteroatoms. The van der Waals surface area contributed by atoms with Gasteiger partial charge in [0.1, 0.15) is 10.7 Å². The molecule has 1 amide bonds. The normalized spacial score (nSPS) is 13.6. The van der Waals surface area contributed by atoms with Crippen LogP contribution < -0.4 is 15.4 Å². The molecule has 1 aliphatic heterocycles. The van der Waals surface area contributed by atoms with Crippen LogP contribution in [-0.4, -0.2) is 20.6 Å². The summed E-state index contributed by atoms with van der Waals surface area (Å²) < 4.78 is 15.3. The number of aromatic hydroxyl groups is 1. The van der Waals surface area contributed by atoms with Gasteiger partial charge in [-0.1, -0.05) is 23.5 Å². The van der Waals surface area contributed by atoms with Gasteiger partial charge in [0.2, 0.25) is 5.88 Å². The third kappa shape index (κ3) is 3.07. The summed E-state index contributed by atoms with van der Waals surface area (Å²) in [5.41, 5.74) is 0.967. The maximum atomic E-state index is 13.7. The highest BCUT2D eigenvalue weighted by atomic mass is 32.1. The number of fused-ring (bicyclic) bond motifs is 1. The van der Waals surface area contributed by atoms with Gasteiger partial charge < -0.3 is 5.11 Å². The summed E-state index contributed by atoms with van der Waals surface area (Å²) in [4.78, 5) is 26.0. The van der Waals surface area contributed by atoms with Crippen molar-refractivity contribution in [2.75, 3.05) is 0 Å². The van der Waals surface area contributed by atoms with Crippen molar-refractivity contribution in [2.45, 2.75) is 13.5 Å². The number of pyridine rings is 1. The molecule has 140 valence electrons. The molecule has 0 bridgehead atoms. The van der Waals surface area contributed by atoms with Gasteiger partial charge in [-0.3, -0.25) is 9.36 Å². The van der Waals surface area contributed by atoms with Crippen LogP contribution in [0.15, 0.2) is 59.0 Å². The lowest BCUT2D eigenvalue weighted by molar-refractivity contribution is -0.112. The molecular weight excluding hydrogens is 379 g/mol. The zero-order valence-corrected chi connectivity index (χ0v) is 15.7. The van der Waals surface area contributed by atoms with Crippen molar-refractivity contribution < 1.29 is 14.3 Å². The maximum absolute atomic E-state index is 13.7. The SMILES string of the molecule is C=CCn1c(O)c(C2=c3cc(F)ccc3=NC2=O)s/c1=N/c1cccc(C)n1. The van der Waals surface area contributed by atoms with Gasteiger partial charge >= 0.3 is 0 Å². The molecule has 2 aromatic heterocycles. The largest absolute Gasteiger partial charge is 0.493 e. The lowest BCUT2D eigenvalue weighted by Crippen LogP contribution is -2.23. The number of halogens is 1. The van der Waals surface area contributed by atoms with Gasteiger partial charge in [-0.25, -0.2) is 19.4 Å². The molecule has 4 rings (SSSR count). The Hall–Kier alpha value is -3.39. The Morgan fingerprint density at radius 2 is 2.18 bits per heavy atom. The average molecular weight is 394 g/mol. The Bertz CT molecular complexity index is 1320. The summed E-state index contributed by atoms with van der Waals surface area (Å²) in [6.45, 7) is 5.84. The molecule has 3 aromatic rings. The van der Waals surface area contributed by atoms with E-state index in [0.29, 0.717) is 21.2 Å². The number of benzene rings is 1. The van der Waals surface area contributed by atoms with E-state index in [1.807, 2.05) is 19.1 Å². The van der Waals surface area contributed by atoms with Crippen LogP contribution in [0.4, 0.5) is 10.2 Å². The van der Waals surface area contributed by atoms with E-state index in [-0.39, 0.29) is 22.9 Å². The first-order valence-corrected chi connectivity index (χ1v) is 9.25. The van der Waals surface area contributed by atoms with Crippen LogP contribution in [0.1, 0.15) is 10.6 Å². The van der Waals surface area contributed by atoms with Crippen LogP contribution in [0.25, 0.3) is 5.57 Å². The van der Waals surface area contributed by atoms with E-state index in [2.05, 4.69) is 21.5 Å². The molecule has 0 spiro atoms. The Kier molecular flexibility index (Phi) is 4.48. The zero-order valence-electron chi connectivity index (χ0n) is 14.9. The van der Waals surface area contributed by atoms with Gasteiger partial charge in [-0.15, -0.1) is 6.58 Å². The van der Waals surface area contributed by atoms with Crippen molar-refractivity contribution in [3.63, 3.8) is 0 Å².